The number of carbonyl (C=O) groups excluding carboxylic acids is 1. The Hall–Kier alpha value is -1.57. The zero-order valence-electron chi connectivity index (χ0n) is 10.1. The predicted octanol–water partition coefficient (Wildman–Crippen LogP) is 3.57. The van der Waals surface area contributed by atoms with Crippen LogP contribution in [-0.2, 0) is 11.2 Å². The van der Waals surface area contributed by atoms with Crippen molar-refractivity contribution >= 4 is 16.7 Å². The van der Waals surface area contributed by atoms with Crippen LogP contribution in [0.5, 0.6) is 0 Å². The lowest BCUT2D eigenvalue weighted by atomic mass is 9.82. The summed E-state index contributed by atoms with van der Waals surface area (Å²) in [6, 6.07) is 8.33. The Morgan fingerprint density at radius 2 is 2.24 bits per heavy atom. The highest BCUT2D eigenvalue weighted by Crippen LogP contribution is 2.37. The number of aromatic amines is 1. The van der Waals surface area contributed by atoms with Gasteiger partial charge in [-0.25, -0.2) is 0 Å². The number of aromatic nitrogens is 1. The molecule has 17 heavy (non-hydrogen) atoms. The van der Waals surface area contributed by atoms with E-state index in [-0.39, 0.29) is 5.92 Å². The summed E-state index contributed by atoms with van der Waals surface area (Å²) in [7, 11) is 0. The first kappa shape index (κ1) is 10.6. The van der Waals surface area contributed by atoms with Gasteiger partial charge in [0.25, 0.3) is 0 Å². The Kier molecular flexibility index (Phi) is 2.50. The Labute approximate surface area is 101 Å². The van der Waals surface area contributed by atoms with Gasteiger partial charge in [0.2, 0.25) is 0 Å². The second kappa shape index (κ2) is 4.02. The number of para-hydroxylation sites is 1. The molecule has 0 radical (unpaired) electrons. The number of H-pyrrole nitrogens is 1. The average Bonchev–Trinajstić information content (AvgIpc) is 2.76. The summed E-state index contributed by atoms with van der Waals surface area (Å²) in [6.07, 6.45) is 3.86. The molecule has 0 bridgehead atoms. The van der Waals surface area contributed by atoms with Crippen molar-refractivity contribution in [2.75, 3.05) is 0 Å². The maximum atomic E-state index is 12.1. The fourth-order valence-corrected chi connectivity index (χ4v) is 3.01. The second-order valence-corrected chi connectivity index (χ2v) is 4.83. The smallest absolute Gasteiger partial charge is 0.140 e. The van der Waals surface area contributed by atoms with E-state index < -0.39 is 0 Å². The molecule has 0 aliphatic heterocycles. The number of fused-ring (bicyclic) bond motifs is 3. The molecule has 1 heterocycles. The van der Waals surface area contributed by atoms with E-state index in [1.54, 1.807) is 0 Å². The molecule has 1 aromatic carbocycles. The fourth-order valence-electron chi connectivity index (χ4n) is 3.01. The number of nitrogens with one attached hydrogen (secondary N) is 1. The lowest BCUT2D eigenvalue weighted by Crippen LogP contribution is -2.17. The number of hydrogen-bond donors (Lipinski definition) is 1. The van der Waals surface area contributed by atoms with Crippen molar-refractivity contribution in [2.24, 2.45) is 0 Å². The highest BCUT2D eigenvalue weighted by molar-refractivity contribution is 5.94. The van der Waals surface area contributed by atoms with Crippen molar-refractivity contribution in [1.29, 1.82) is 0 Å². The third-order valence-corrected chi connectivity index (χ3v) is 3.83. The Morgan fingerprint density at radius 3 is 3.06 bits per heavy atom. The van der Waals surface area contributed by atoms with Crippen molar-refractivity contribution < 1.29 is 4.79 Å². The van der Waals surface area contributed by atoms with Crippen LogP contribution in [0.1, 0.15) is 43.4 Å². The fraction of sp³-hybridized carbons (Fsp3) is 0.400. The topological polar surface area (TPSA) is 32.9 Å². The van der Waals surface area contributed by atoms with Crippen LogP contribution in [0, 0.1) is 0 Å². The molecule has 1 unspecified atom stereocenters. The molecule has 2 heteroatoms. The summed E-state index contributed by atoms with van der Waals surface area (Å²) in [5, 5.41) is 1.24. The standard InChI is InChI=1S/C15H17NO/c1-2-14(17)11-7-5-9-13-15(11)10-6-3-4-8-12(10)16-13/h3-4,6,8,11,16H,2,5,7,9H2,1H3. The molecule has 3 rings (SSSR count). The third kappa shape index (κ3) is 1.59. The summed E-state index contributed by atoms with van der Waals surface area (Å²) in [5.41, 5.74) is 3.73. The van der Waals surface area contributed by atoms with Crippen LogP contribution < -0.4 is 0 Å². The Morgan fingerprint density at radius 1 is 1.41 bits per heavy atom. The molecule has 0 spiro atoms. The van der Waals surface area contributed by atoms with Gasteiger partial charge in [-0.1, -0.05) is 25.1 Å². The number of benzene rings is 1. The molecule has 0 saturated carbocycles. The van der Waals surface area contributed by atoms with Crippen LogP contribution in [0.3, 0.4) is 0 Å². The molecule has 0 fully saturated rings. The number of rotatable bonds is 2. The van der Waals surface area contributed by atoms with Gasteiger partial charge in [0, 0.05) is 28.9 Å². The predicted molar refractivity (Wildman–Crippen MR) is 69.3 cm³/mol. The van der Waals surface area contributed by atoms with Gasteiger partial charge in [0.1, 0.15) is 5.78 Å². The number of hydrogen-bond acceptors (Lipinski definition) is 1. The third-order valence-electron chi connectivity index (χ3n) is 3.83. The van der Waals surface area contributed by atoms with E-state index in [2.05, 4.69) is 23.2 Å². The second-order valence-electron chi connectivity index (χ2n) is 4.83. The monoisotopic (exact) mass is 227 g/mol. The summed E-state index contributed by atoms with van der Waals surface area (Å²) in [6.45, 7) is 1.96. The maximum absolute atomic E-state index is 12.1. The normalized spacial score (nSPS) is 19.2. The quantitative estimate of drug-likeness (QED) is 0.836. The van der Waals surface area contributed by atoms with Gasteiger partial charge in [-0.15, -0.1) is 0 Å². The van der Waals surface area contributed by atoms with Crippen molar-refractivity contribution in [3.05, 3.63) is 35.5 Å². The summed E-state index contributed by atoms with van der Waals surface area (Å²) in [4.78, 5) is 15.5. The Balaban J connectivity index is 2.20. The molecule has 0 saturated heterocycles. The molecule has 2 nitrogen and oxygen atoms in total. The zero-order valence-corrected chi connectivity index (χ0v) is 10.1. The van der Waals surface area contributed by atoms with E-state index in [0.717, 1.165) is 19.3 Å². The number of ketones is 1. The molecular formula is C15H17NO. The first-order valence-electron chi connectivity index (χ1n) is 6.43. The van der Waals surface area contributed by atoms with E-state index in [4.69, 9.17) is 0 Å². The van der Waals surface area contributed by atoms with Crippen molar-refractivity contribution in [2.45, 2.75) is 38.5 Å². The molecule has 0 amide bonds. The van der Waals surface area contributed by atoms with Gasteiger partial charge in [-0.2, -0.15) is 0 Å². The highest BCUT2D eigenvalue weighted by atomic mass is 16.1. The van der Waals surface area contributed by atoms with Crippen LogP contribution >= 0.6 is 0 Å². The summed E-state index contributed by atoms with van der Waals surface area (Å²) < 4.78 is 0. The number of Topliss-reactive ketones (excluding diaryl/α,β-unsaturated/α-hetero) is 1. The molecule has 2 aromatic rings. The average molecular weight is 227 g/mol. The maximum Gasteiger partial charge on any atom is 0.140 e. The molecule has 1 aliphatic carbocycles. The first-order valence-corrected chi connectivity index (χ1v) is 6.43. The Bertz CT molecular complexity index is 567. The van der Waals surface area contributed by atoms with Crippen LogP contribution in [0.25, 0.3) is 10.9 Å². The van der Waals surface area contributed by atoms with Crippen molar-refractivity contribution in [3.8, 4) is 0 Å². The lowest BCUT2D eigenvalue weighted by molar-refractivity contribution is -0.120. The van der Waals surface area contributed by atoms with E-state index in [9.17, 15) is 4.79 Å². The summed E-state index contributed by atoms with van der Waals surface area (Å²) in [5.74, 6) is 0.510. The SMILES string of the molecule is CCC(=O)C1CCCc2[nH]c3ccccc3c21. The van der Waals surface area contributed by atoms with E-state index >= 15 is 0 Å². The molecule has 1 aliphatic rings. The van der Waals surface area contributed by atoms with Gasteiger partial charge >= 0.3 is 0 Å². The van der Waals surface area contributed by atoms with E-state index in [0.29, 0.717) is 12.2 Å². The van der Waals surface area contributed by atoms with Gasteiger partial charge in [-0.3, -0.25) is 4.79 Å². The van der Waals surface area contributed by atoms with Gasteiger partial charge in [0.15, 0.2) is 0 Å². The molecule has 88 valence electrons. The van der Waals surface area contributed by atoms with Crippen LogP contribution in [-0.4, -0.2) is 10.8 Å². The molecule has 1 N–H and O–H groups in total. The number of carbonyl (C=O) groups is 1. The zero-order chi connectivity index (χ0) is 11.8. The van der Waals surface area contributed by atoms with Crippen molar-refractivity contribution in [3.63, 3.8) is 0 Å². The molecular weight excluding hydrogens is 210 g/mol. The van der Waals surface area contributed by atoms with Crippen LogP contribution in [0.2, 0.25) is 0 Å². The molecule has 1 aromatic heterocycles. The summed E-state index contributed by atoms with van der Waals surface area (Å²) >= 11 is 0. The lowest BCUT2D eigenvalue weighted by Gasteiger charge is -2.21. The van der Waals surface area contributed by atoms with Crippen LogP contribution in [0.4, 0.5) is 0 Å². The highest BCUT2D eigenvalue weighted by Gasteiger charge is 2.28. The largest absolute Gasteiger partial charge is 0.358 e. The minimum atomic E-state index is 0.125. The van der Waals surface area contributed by atoms with Gasteiger partial charge < -0.3 is 4.98 Å². The minimum Gasteiger partial charge on any atom is -0.358 e. The molecule has 1 atom stereocenters. The first-order chi connectivity index (χ1) is 8.31. The van der Waals surface area contributed by atoms with E-state index in [1.807, 2.05) is 13.0 Å². The minimum absolute atomic E-state index is 0.125. The van der Waals surface area contributed by atoms with Crippen molar-refractivity contribution in [1.82, 2.24) is 4.98 Å². The van der Waals surface area contributed by atoms with Gasteiger partial charge in [0.05, 0.1) is 0 Å². The number of aryl methyl sites for hydroxylation is 1. The van der Waals surface area contributed by atoms with Gasteiger partial charge in [-0.05, 0) is 30.9 Å². The van der Waals surface area contributed by atoms with E-state index in [1.165, 1.54) is 22.2 Å². The van der Waals surface area contributed by atoms with Crippen LogP contribution in [0.15, 0.2) is 24.3 Å².